The Balaban J connectivity index is 1.60. The van der Waals surface area contributed by atoms with E-state index in [1.165, 1.54) is 11.1 Å². The second-order valence-corrected chi connectivity index (χ2v) is 7.74. The largest absolute Gasteiger partial charge is 0.354 e. The van der Waals surface area contributed by atoms with Crippen LogP contribution in [-0.2, 0) is 16.0 Å². The quantitative estimate of drug-likeness (QED) is 0.848. The maximum absolute atomic E-state index is 12.7. The van der Waals surface area contributed by atoms with E-state index in [9.17, 15) is 9.59 Å². The fraction of sp³-hybridized carbons (Fsp3) is 0.333. The summed E-state index contributed by atoms with van der Waals surface area (Å²) in [5, 5.41) is 2.82. The highest BCUT2D eigenvalue weighted by Gasteiger charge is 2.33. The smallest absolute Gasteiger partial charge is 0.240 e. The molecule has 0 radical (unpaired) electrons. The lowest BCUT2D eigenvalue weighted by Crippen LogP contribution is -2.46. The molecule has 2 aromatic carbocycles. The van der Waals surface area contributed by atoms with E-state index < -0.39 is 0 Å². The summed E-state index contributed by atoms with van der Waals surface area (Å²) in [5.74, 6) is -0.105. The molecule has 0 aromatic heterocycles. The van der Waals surface area contributed by atoms with Gasteiger partial charge in [0.2, 0.25) is 11.8 Å². The molecule has 0 spiro atoms. The highest BCUT2D eigenvalue weighted by Crippen LogP contribution is 2.39. The fourth-order valence-electron chi connectivity index (χ4n) is 3.00. The second-order valence-electron chi connectivity index (χ2n) is 6.49. The Hall–Kier alpha value is -2.27. The number of hydrogen-bond acceptors (Lipinski definition) is 3. The number of fused-ring (bicyclic) bond motifs is 1. The summed E-state index contributed by atoms with van der Waals surface area (Å²) in [6.45, 7) is 4.70. The minimum absolute atomic E-state index is 0.0184. The number of nitrogens with zero attached hydrogens (tertiary/aromatic N) is 1. The number of anilines is 1. The Labute approximate surface area is 159 Å². The van der Waals surface area contributed by atoms with Gasteiger partial charge in [-0.15, -0.1) is 11.8 Å². The van der Waals surface area contributed by atoms with Crippen molar-refractivity contribution in [1.29, 1.82) is 0 Å². The van der Waals surface area contributed by atoms with Crippen molar-refractivity contribution in [3.05, 3.63) is 59.7 Å². The first-order valence-corrected chi connectivity index (χ1v) is 9.85. The minimum atomic E-state index is -0.123. The Bertz CT molecular complexity index is 789. The molecule has 0 fully saturated rings. The molecule has 4 nitrogen and oxygen atoms in total. The number of carbonyl (C=O) groups is 2. The van der Waals surface area contributed by atoms with Gasteiger partial charge >= 0.3 is 0 Å². The van der Waals surface area contributed by atoms with Crippen molar-refractivity contribution in [2.75, 3.05) is 18.0 Å². The molecule has 0 saturated heterocycles. The minimum Gasteiger partial charge on any atom is -0.354 e. The summed E-state index contributed by atoms with van der Waals surface area (Å²) in [5.41, 5.74) is 3.25. The Morgan fingerprint density at radius 3 is 2.62 bits per heavy atom. The van der Waals surface area contributed by atoms with E-state index in [-0.39, 0.29) is 23.6 Å². The number of amides is 2. The molecule has 2 aromatic rings. The maximum atomic E-state index is 12.7. The van der Waals surface area contributed by atoms with E-state index in [4.69, 9.17) is 0 Å². The van der Waals surface area contributed by atoms with Gasteiger partial charge in [0.1, 0.15) is 6.54 Å². The number of aryl methyl sites for hydroxylation is 1. The topological polar surface area (TPSA) is 49.4 Å². The molecule has 0 unspecified atom stereocenters. The van der Waals surface area contributed by atoms with Crippen LogP contribution >= 0.6 is 11.8 Å². The average Bonchev–Trinajstić information content (AvgIpc) is 2.65. The van der Waals surface area contributed by atoms with Crippen molar-refractivity contribution in [2.45, 2.75) is 36.8 Å². The summed E-state index contributed by atoms with van der Waals surface area (Å²) < 4.78 is 0. The van der Waals surface area contributed by atoms with Crippen molar-refractivity contribution < 1.29 is 9.59 Å². The third kappa shape index (κ3) is 4.28. The van der Waals surface area contributed by atoms with Crippen LogP contribution in [0.2, 0.25) is 0 Å². The number of para-hydroxylation sites is 1. The van der Waals surface area contributed by atoms with Gasteiger partial charge in [-0.3, -0.25) is 9.59 Å². The highest BCUT2D eigenvalue weighted by molar-refractivity contribution is 8.01. The van der Waals surface area contributed by atoms with Crippen molar-refractivity contribution in [1.82, 2.24) is 5.32 Å². The lowest BCUT2D eigenvalue weighted by Gasteiger charge is -2.32. The van der Waals surface area contributed by atoms with E-state index in [1.807, 2.05) is 31.2 Å². The van der Waals surface area contributed by atoms with Crippen LogP contribution in [0.4, 0.5) is 5.69 Å². The predicted molar refractivity (Wildman–Crippen MR) is 107 cm³/mol. The number of nitrogens with one attached hydrogen (secondary N) is 1. The molecular weight excluding hydrogens is 344 g/mol. The molecular formula is C21H24N2O2S. The molecule has 2 amide bonds. The van der Waals surface area contributed by atoms with Gasteiger partial charge in [0.15, 0.2) is 0 Å². The van der Waals surface area contributed by atoms with Crippen molar-refractivity contribution >= 4 is 29.3 Å². The highest BCUT2D eigenvalue weighted by atomic mass is 32.2. The van der Waals surface area contributed by atoms with Crippen LogP contribution in [0.5, 0.6) is 0 Å². The van der Waals surface area contributed by atoms with Gasteiger partial charge in [-0.25, -0.2) is 0 Å². The van der Waals surface area contributed by atoms with Crippen LogP contribution in [0.15, 0.2) is 53.4 Å². The Morgan fingerprint density at radius 1 is 1.15 bits per heavy atom. The molecule has 1 aliphatic rings. The van der Waals surface area contributed by atoms with Crippen molar-refractivity contribution in [3.63, 3.8) is 0 Å². The maximum Gasteiger partial charge on any atom is 0.240 e. The number of hydrogen-bond donors (Lipinski definition) is 1. The van der Waals surface area contributed by atoms with Gasteiger partial charge in [-0.2, -0.15) is 0 Å². The van der Waals surface area contributed by atoms with Crippen LogP contribution in [0.3, 0.4) is 0 Å². The van der Waals surface area contributed by atoms with Crippen LogP contribution in [0.25, 0.3) is 0 Å². The molecule has 1 N–H and O–H groups in total. The summed E-state index contributed by atoms with van der Waals surface area (Å²) >= 11 is 1.59. The third-order valence-corrected chi connectivity index (χ3v) is 5.91. The van der Waals surface area contributed by atoms with Gasteiger partial charge in [0, 0.05) is 11.4 Å². The summed E-state index contributed by atoms with van der Waals surface area (Å²) in [6.07, 6.45) is 1.54. The SMILES string of the molecule is CC[C@@H]1Sc2ccccc2N(CC(=O)NCCc2ccc(C)cc2)C1=O. The standard InChI is InChI=1S/C21H24N2O2S/c1-3-18-21(25)23(17-6-4-5-7-19(17)26-18)14-20(24)22-13-12-16-10-8-15(2)9-11-16/h4-11,18H,3,12-14H2,1-2H3,(H,22,24)/t18-/m0/s1. The van der Waals surface area contributed by atoms with E-state index in [0.717, 1.165) is 23.4 Å². The van der Waals surface area contributed by atoms with E-state index in [2.05, 4.69) is 36.5 Å². The van der Waals surface area contributed by atoms with Crippen LogP contribution in [0.1, 0.15) is 24.5 Å². The lowest BCUT2D eigenvalue weighted by molar-refractivity contribution is -0.123. The van der Waals surface area contributed by atoms with E-state index in [1.54, 1.807) is 16.7 Å². The van der Waals surface area contributed by atoms with Gasteiger partial charge in [-0.05, 0) is 37.5 Å². The van der Waals surface area contributed by atoms with E-state index >= 15 is 0 Å². The zero-order valence-corrected chi connectivity index (χ0v) is 16.0. The second kappa shape index (κ2) is 8.41. The molecule has 0 bridgehead atoms. The van der Waals surface area contributed by atoms with Gasteiger partial charge in [-0.1, -0.05) is 48.9 Å². The molecule has 5 heteroatoms. The molecule has 3 rings (SSSR count). The summed E-state index contributed by atoms with van der Waals surface area (Å²) in [4.78, 5) is 27.8. The normalized spacial score (nSPS) is 16.3. The van der Waals surface area contributed by atoms with Crippen LogP contribution < -0.4 is 10.2 Å². The fourth-order valence-corrected chi connectivity index (χ4v) is 4.15. The van der Waals surface area contributed by atoms with Crippen molar-refractivity contribution in [2.24, 2.45) is 0 Å². The van der Waals surface area contributed by atoms with Gasteiger partial charge < -0.3 is 10.2 Å². The Morgan fingerprint density at radius 2 is 1.88 bits per heavy atom. The van der Waals surface area contributed by atoms with Crippen molar-refractivity contribution in [3.8, 4) is 0 Å². The molecule has 1 aliphatic heterocycles. The van der Waals surface area contributed by atoms with Gasteiger partial charge in [0.05, 0.1) is 10.9 Å². The van der Waals surface area contributed by atoms with E-state index in [0.29, 0.717) is 6.54 Å². The zero-order valence-electron chi connectivity index (χ0n) is 15.2. The number of benzene rings is 2. The molecule has 0 saturated carbocycles. The van der Waals surface area contributed by atoms with Crippen LogP contribution in [-0.4, -0.2) is 30.2 Å². The Kier molecular flexibility index (Phi) is 5.99. The zero-order chi connectivity index (χ0) is 18.5. The molecule has 0 aliphatic carbocycles. The number of carbonyl (C=O) groups excluding carboxylic acids is 2. The monoisotopic (exact) mass is 368 g/mol. The van der Waals surface area contributed by atoms with Gasteiger partial charge in [0.25, 0.3) is 0 Å². The number of thioether (sulfide) groups is 1. The lowest BCUT2D eigenvalue weighted by atomic mass is 10.1. The average molecular weight is 369 g/mol. The van der Waals surface area contributed by atoms with Crippen LogP contribution in [0, 0.1) is 6.92 Å². The first kappa shape index (κ1) is 18.5. The summed E-state index contributed by atoms with van der Waals surface area (Å²) in [6, 6.07) is 16.1. The molecule has 1 atom stereocenters. The third-order valence-electron chi connectivity index (χ3n) is 4.50. The molecule has 26 heavy (non-hydrogen) atoms. The first-order chi connectivity index (χ1) is 12.6. The number of rotatable bonds is 6. The first-order valence-electron chi connectivity index (χ1n) is 8.97. The molecule has 1 heterocycles. The predicted octanol–water partition coefficient (Wildman–Crippen LogP) is 3.57. The summed E-state index contributed by atoms with van der Waals surface area (Å²) in [7, 11) is 0. The molecule has 136 valence electrons.